The van der Waals surface area contributed by atoms with E-state index in [9.17, 15) is 0 Å². The van der Waals surface area contributed by atoms with E-state index in [1.54, 1.807) is 7.11 Å². The number of methoxy groups -OCH3 is 1. The third kappa shape index (κ3) is 5.03. The average Bonchev–Trinajstić information content (AvgIpc) is 2.27. The Morgan fingerprint density at radius 1 is 1.40 bits per heavy atom. The molecule has 15 heavy (non-hydrogen) atoms. The molecule has 0 unspecified atom stereocenters. The molecule has 0 saturated carbocycles. The lowest BCUT2D eigenvalue weighted by Crippen LogP contribution is -2.08. The zero-order valence-corrected chi connectivity index (χ0v) is 9.87. The number of allylic oxidation sites excluding steroid dienone is 2. The first kappa shape index (κ1) is 12.3. The van der Waals surface area contributed by atoms with Crippen molar-refractivity contribution in [3.63, 3.8) is 0 Å². The molecular weight excluding hydrogens is 188 g/mol. The SMILES string of the molecule is CCCCCOC1=CC[C@H](COC)C=C1. The van der Waals surface area contributed by atoms with Crippen LogP contribution in [0.5, 0.6) is 0 Å². The molecule has 1 aliphatic carbocycles. The van der Waals surface area contributed by atoms with Gasteiger partial charge in [0.15, 0.2) is 0 Å². The Morgan fingerprint density at radius 2 is 2.27 bits per heavy atom. The molecule has 2 nitrogen and oxygen atoms in total. The average molecular weight is 210 g/mol. The first-order valence-corrected chi connectivity index (χ1v) is 5.87. The Balaban J connectivity index is 2.14. The Hall–Kier alpha value is -0.760. The van der Waals surface area contributed by atoms with E-state index in [1.807, 2.05) is 0 Å². The maximum atomic E-state index is 5.64. The van der Waals surface area contributed by atoms with Gasteiger partial charge in [0.1, 0.15) is 5.76 Å². The largest absolute Gasteiger partial charge is 0.494 e. The molecule has 0 aromatic rings. The van der Waals surface area contributed by atoms with Crippen molar-refractivity contribution >= 4 is 0 Å². The van der Waals surface area contributed by atoms with Crippen molar-refractivity contribution in [2.24, 2.45) is 5.92 Å². The van der Waals surface area contributed by atoms with Crippen molar-refractivity contribution in [2.75, 3.05) is 20.3 Å². The van der Waals surface area contributed by atoms with Crippen LogP contribution in [0.25, 0.3) is 0 Å². The van der Waals surface area contributed by atoms with Gasteiger partial charge in [-0.1, -0.05) is 25.8 Å². The van der Waals surface area contributed by atoms with E-state index in [2.05, 4.69) is 25.2 Å². The maximum Gasteiger partial charge on any atom is 0.115 e. The van der Waals surface area contributed by atoms with Gasteiger partial charge in [0, 0.05) is 13.0 Å². The smallest absolute Gasteiger partial charge is 0.115 e. The van der Waals surface area contributed by atoms with Crippen LogP contribution in [-0.2, 0) is 9.47 Å². The summed E-state index contributed by atoms with van der Waals surface area (Å²) in [4.78, 5) is 0. The molecule has 1 rings (SSSR count). The standard InChI is InChI=1S/C13H22O2/c1-3-4-5-10-15-13-8-6-12(7-9-13)11-14-2/h6,8-9,12H,3-5,7,10-11H2,1-2H3/t12-/m1/s1. The van der Waals surface area contributed by atoms with E-state index in [0.717, 1.165) is 31.8 Å². The predicted molar refractivity (Wildman–Crippen MR) is 62.7 cm³/mol. The molecule has 86 valence electrons. The molecule has 1 aliphatic rings. The van der Waals surface area contributed by atoms with E-state index in [-0.39, 0.29) is 0 Å². The second-order valence-corrected chi connectivity index (χ2v) is 3.97. The normalized spacial score (nSPS) is 20.1. The van der Waals surface area contributed by atoms with Gasteiger partial charge in [0.2, 0.25) is 0 Å². The highest BCUT2D eigenvalue weighted by molar-refractivity contribution is 5.18. The van der Waals surface area contributed by atoms with Crippen LogP contribution >= 0.6 is 0 Å². The topological polar surface area (TPSA) is 18.5 Å². The Morgan fingerprint density at radius 3 is 2.87 bits per heavy atom. The lowest BCUT2D eigenvalue weighted by Gasteiger charge is -2.15. The van der Waals surface area contributed by atoms with Gasteiger partial charge in [-0.25, -0.2) is 0 Å². The van der Waals surface area contributed by atoms with Crippen LogP contribution in [-0.4, -0.2) is 20.3 Å². The summed E-state index contributed by atoms with van der Waals surface area (Å²) in [7, 11) is 1.74. The quantitative estimate of drug-likeness (QED) is 0.600. The van der Waals surface area contributed by atoms with Crippen LogP contribution in [0.15, 0.2) is 24.0 Å². The predicted octanol–water partition coefficient (Wildman–Crippen LogP) is 3.30. The molecule has 0 aromatic carbocycles. The van der Waals surface area contributed by atoms with Crippen LogP contribution in [0.3, 0.4) is 0 Å². The fraction of sp³-hybridized carbons (Fsp3) is 0.692. The number of hydrogen-bond acceptors (Lipinski definition) is 2. The summed E-state index contributed by atoms with van der Waals surface area (Å²) < 4.78 is 10.8. The first-order chi connectivity index (χ1) is 7.36. The maximum absolute atomic E-state index is 5.64. The molecule has 0 bridgehead atoms. The van der Waals surface area contributed by atoms with Crippen LogP contribution in [0.4, 0.5) is 0 Å². The molecule has 0 aromatic heterocycles. The first-order valence-electron chi connectivity index (χ1n) is 5.87. The van der Waals surface area contributed by atoms with Gasteiger partial charge < -0.3 is 9.47 Å². The summed E-state index contributed by atoms with van der Waals surface area (Å²) in [6.45, 7) is 3.85. The minimum absolute atomic E-state index is 0.526. The molecule has 0 fully saturated rings. The van der Waals surface area contributed by atoms with E-state index in [1.165, 1.54) is 12.8 Å². The van der Waals surface area contributed by atoms with Crippen molar-refractivity contribution in [1.82, 2.24) is 0 Å². The zero-order chi connectivity index (χ0) is 10.9. The minimum atomic E-state index is 0.526. The molecule has 2 heteroatoms. The van der Waals surface area contributed by atoms with Crippen LogP contribution < -0.4 is 0 Å². The van der Waals surface area contributed by atoms with Gasteiger partial charge in [-0.05, 0) is 25.0 Å². The highest BCUT2D eigenvalue weighted by Crippen LogP contribution is 2.17. The zero-order valence-electron chi connectivity index (χ0n) is 9.87. The van der Waals surface area contributed by atoms with Gasteiger partial charge >= 0.3 is 0 Å². The van der Waals surface area contributed by atoms with E-state index < -0.39 is 0 Å². The molecule has 1 atom stereocenters. The third-order valence-corrected chi connectivity index (χ3v) is 2.55. The molecule has 0 heterocycles. The molecular formula is C13H22O2. The Labute approximate surface area is 93.0 Å². The van der Waals surface area contributed by atoms with Crippen LogP contribution in [0.2, 0.25) is 0 Å². The van der Waals surface area contributed by atoms with Gasteiger partial charge in [-0.15, -0.1) is 0 Å². The van der Waals surface area contributed by atoms with Crippen molar-refractivity contribution in [3.05, 3.63) is 24.0 Å². The van der Waals surface area contributed by atoms with Crippen molar-refractivity contribution < 1.29 is 9.47 Å². The Kier molecular flexibility index (Phi) is 6.17. The highest BCUT2D eigenvalue weighted by atomic mass is 16.5. The van der Waals surface area contributed by atoms with E-state index in [4.69, 9.17) is 9.47 Å². The molecule has 0 radical (unpaired) electrons. The lowest BCUT2D eigenvalue weighted by molar-refractivity contribution is 0.166. The van der Waals surface area contributed by atoms with Gasteiger partial charge in [0.25, 0.3) is 0 Å². The van der Waals surface area contributed by atoms with E-state index in [0.29, 0.717) is 5.92 Å². The molecule has 0 spiro atoms. The van der Waals surface area contributed by atoms with Crippen LogP contribution in [0.1, 0.15) is 32.6 Å². The van der Waals surface area contributed by atoms with Gasteiger partial charge in [-0.3, -0.25) is 0 Å². The summed E-state index contributed by atoms with van der Waals surface area (Å²) in [6.07, 6.45) is 11.1. The number of hydrogen-bond donors (Lipinski definition) is 0. The second kappa shape index (κ2) is 7.52. The number of ether oxygens (including phenoxy) is 2. The van der Waals surface area contributed by atoms with E-state index >= 15 is 0 Å². The second-order valence-electron chi connectivity index (χ2n) is 3.97. The lowest BCUT2D eigenvalue weighted by atomic mass is 10.0. The monoisotopic (exact) mass is 210 g/mol. The molecule has 0 N–H and O–H groups in total. The summed E-state index contributed by atoms with van der Waals surface area (Å²) >= 11 is 0. The third-order valence-electron chi connectivity index (χ3n) is 2.55. The van der Waals surface area contributed by atoms with Gasteiger partial charge in [0.05, 0.1) is 13.2 Å². The summed E-state index contributed by atoms with van der Waals surface area (Å²) in [5.41, 5.74) is 0. The molecule has 0 amide bonds. The van der Waals surface area contributed by atoms with Crippen molar-refractivity contribution in [3.8, 4) is 0 Å². The van der Waals surface area contributed by atoms with Crippen LogP contribution in [0, 0.1) is 5.92 Å². The molecule has 0 saturated heterocycles. The fourth-order valence-corrected chi connectivity index (χ4v) is 1.63. The number of rotatable bonds is 7. The summed E-state index contributed by atoms with van der Waals surface area (Å²) in [6, 6.07) is 0. The van der Waals surface area contributed by atoms with Crippen molar-refractivity contribution in [1.29, 1.82) is 0 Å². The highest BCUT2D eigenvalue weighted by Gasteiger charge is 2.08. The summed E-state index contributed by atoms with van der Waals surface area (Å²) in [5, 5.41) is 0. The molecule has 0 aliphatic heterocycles. The minimum Gasteiger partial charge on any atom is -0.494 e. The van der Waals surface area contributed by atoms with Crippen molar-refractivity contribution in [2.45, 2.75) is 32.6 Å². The fourth-order valence-electron chi connectivity index (χ4n) is 1.63. The summed E-state index contributed by atoms with van der Waals surface area (Å²) in [5.74, 6) is 1.55. The van der Waals surface area contributed by atoms with Gasteiger partial charge in [-0.2, -0.15) is 0 Å². The Bertz CT molecular complexity index is 219. The number of unbranched alkanes of at least 4 members (excludes halogenated alkanes) is 2.